The van der Waals surface area contributed by atoms with E-state index in [0.717, 1.165) is 28.9 Å². The van der Waals surface area contributed by atoms with Crippen molar-refractivity contribution in [3.05, 3.63) is 35.5 Å². The number of rotatable bonds is 6. The Labute approximate surface area is 179 Å². The number of hydrogen-bond acceptors (Lipinski definition) is 2. The topological polar surface area (TPSA) is 40.5 Å². The molecule has 0 bridgehead atoms. The maximum atomic E-state index is 10.0. The number of hydrogen-bond donors (Lipinski definition) is 2. The van der Waals surface area contributed by atoms with Crippen LogP contribution in [-0.4, -0.2) is 16.0 Å². The molecule has 3 rings (SSSR count). The van der Waals surface area contributed by atoms with E-state index in [4.69, 9.17) is 0 Å². The fourth-order valence-corrected chi connectivity index (χ4v) is 6.68. The average Bonchev–Trinajstić information content (AvgIpc) is 2.99. The van der Waals surface area contributed by atoms with Crippen LogP contribution < -0.4 is 0 Å². The summed E-state index contributed by atoms with van der Waals surface area (Å²) >= 11 is 0. The van der Waals surface area contributed by atoms with Crippen LogP contribution in [0.3, 0.4) is 0 Å². The van der Waals surface area contributed by atoms with Crippen molar-refractivity contribution in [2.75, 3.05) is 0 Å². The highest BCUT2D eigenvalue weighted by Gasteiger charge is 2.50. The maximum Gasteiger partial charge on any atom is 0.166 e. The third-order valence-corrected chi connectivity index (χ3v) is 8.42. The van der Waals surface area contributed by atoms with Crippen molar-refractivity contribution in [1.29, 1.82) is 0 Å². The molecule has 2 nitrogen and oxygen atoms in total. The molecule has 0 aromatic rings. The summed E-state index contributed by atoms with van der Waals surface area (Å²) in [5.74, 6) is 1.64. The van der Waals surface area contributed by atoms with Gasteiger partial charge in [-0.1, -0.05) is 76.8 Å². The van der Waals surface area contributed by atoms with Crippen molar-refractivity contribution in [2.45, 2.75) is 104 Å². The standard InChI is InChI=1S/C27H44O2/c1-19(2)8-6-9-21(4)24-13-14-25-22(10-7-16-26(24,25)5)11-12-23-18-27(28,29)17-15-20(23)3/h11-12,19,21,24-25,28-29H,3,6-10,13-18H2,1-2,4-5H3/b22-11?,23-12-/t21-,24-,25?,26-/m1/s1. The van der Waals surface area contributed by atoms with Gasteiger partial charge in [0, 0.05) is 12.8 Å². The van der Waals surface area contributed by atoms with Crippen molar-refractivity contribution in [2.24, 2.45) is 29.1 Å². The molecule has 3 saturated carbocycles. The Hall–Kier alpha value is -0.860. The zero-order valence-electron chi connectivity index (χ0n) is 19.3. The van der Waals surface area contributed by atoms with E-state index >= 15 is 0 Å². The summed E-state index contributed by atoms with van der Waals surface area (Å²) < 4.78 is 0. The van der Waals surface area contributed by atoms with Crippen LogP contribution in [0.1, 0.15) is 98.3 Å². The van der Waals surface area contributed by atoms with Gasteiger partial charge in [-0.15, -0.1) is 0 Å². The molecule has 3 fully saturated rings. The van der Waals surface area contributed by atoms with E-state index in [0.29, 0.717) is 30.6 Å². The predicted octanol–water partition coefficient (Wildman–Crippen LogP) is 6.94. The van der Waals surface area contributed by atoms with Crippen LogP contribution >= 0.6 is 0 Å². The van der Waals surface area contributed by atoms with Gasteiger partial charge in [0.15, 0.2) is 5.79 Å². The Morgan fingerprint density at radius 1 is 1.07 bits per heavy atom. The largest absolute Gasteiger partial charge is 0.365 e. The first-order valence-corrected chi connectivity index (χ1v) is 12.1. The summed E-state index contributed by atoms with van der Waals surface area (Å²) in [5, 5.41) is 20.1. The molecule has 0 aromatic carbocycles. The molecule has 3 aliphatic carbocycles. The molecular weight excluding hydrogens is 356 g/mol. The molecule has 3 aliphatic rings. The summed E-state index contributed by atoms with van der Waals surface area (Å²) in [6.45, 7) is 13.9. The molecule has 0 spiro atoms. The lowest BCUT2D eigenvalue weighted by Crippen LogP contribution is -2.36. The lowest BCUT2D eigenvalue weighted by Gasteiger charge is -2.44. The average molecular weight is 401 g/mol. The summed E-state index contributed by atoms with van der Waals surface area (Å²) in [5.41, 5.74) is 4.14. The molecule has 0 aliphatic heterocycles. The lowest BCUT2D eigenvalue weighted by molar-refractivity contribution is -0.166. The highest BCUT2D eigenvalue weighted by Crippen LogP contribution is 2.60. The maximum absolute atomic E-state index is 10.0. The van der Waals surface area contributed by atoms with Crippen LogP contribution in [-0.2, 0) is 0 Å². The fourth-order valence-electron chi connectivity index (χ4n) is 6.68. The number of allylic oxidation sites excluding steroid dienone is 4. The Bertz CT molecular complexity index is 653. The van der Waals surface area contributed by atoms with Crippen LogP contribution in [0.4, 0.5) is 0 Å². The van der Waals surface area contributed by atoms with Gasteiger partial charge in [0.1, 0.15) is 0 Å². The van der Waals surface area contributed by atoms with E-state index < -0.39 is 5.79 Å². The second-order valence-corrected chi connectivity index (χ2v) is 11.1. The summed E-state index contributed by atoms with van der Waals surface area (Å²) in [6, 6.07) is 0. The van der Waals surface area contributed by atoms with Crippen molar-refractivity contribution in [3.63, 3.8) is 0 Å². The van der Waals surface area contributed by atoms with Gasteiger partial charge >= 0.3 is 0 Å². The quantitative estimate of drug-likeness (QED) is 0.474. The first kappa shape index (κ1) is 22.8. The normalized spacial score (nSPS) is 36.0. The van der Waals surface area contributed by atoms with Crippen molar-refractivity contribution >= 4 is 0 Å². The van der Waals surface area contributed by atoms with Crippen molar-refractivity contribution < 1.29 is 10.2 Å². The molecular formula is C27H44O2. The van der Waals surface area contributed by atoms with Crippen LogP contribution in [0.15, 0.2) is 35.5 Å². The van der Waals surface area contributed by atoms with E-state index in [1.54, 1.807) is 5.57 Å². The van der Waals surface area contributed by atoms with E-state index in [9.17, 15) is 10.2 Å². The Kier molecular flexibility index (Phi) is 7.16. The lowest BCUT2D eigenvalue weighted by atomic mass is 9.60. The highest BCUT2D eigenvalue weighted by atomic mass is 16.5. The van der Waals surface area contributed by atoms with Crippen LogP contribution in [0.25, 0.3) is 0 Å². The van der Waals surface area contributed by atoms with Crippen molar-refractivity contribution in [3.8, 4) is 0 Å². The second-order valence-electron chi connectivity index (χ2n) is 11.1. The van der Waals surface area contributed by atoms with Crippen LogP contribution in [0, 0.1) is 29.1 Å². The van der Waals surface area contributed by atoms with E-state index in [1.165, 1.54) is 51.4 Å². The third kappa shape index (κ3) is 5.25. The first-order chi connectivity index (χ1) is 13.6. The second kappa shape index (κ2) is 9.10. The fraction of sp³-hybridized carbons (Fsp3) is 0.778. The minimum absolute atomic E-state index is 0.313. The van der Waals surface area contributed by atoms with Gasteiger partial charge in [-0.2, -0.15) is 0 Å². The Balaban J connectivity index is 1.71. The highest BCUT2D eigenvalue weighted by molar-refractivity contribution is 5.36. The van der Waals surface area contributed by atoms with Gasteiger partial charge in [-0.05, 0) is 73.2 Å². The molecule has 0 amide bonds. The van der Waals surface area contributed by atoms with Crippen LogP contribution in [0.2, 0.25) is 0 Å². The predicted molar refractivity (Wildman–Crippen MR) is 122 cm³/mol. The molecule has 2 heteroatoms. The number of aliphatic hydroxyl groups is 2. The van der Waals surface area contributed by atoms with E-state index in [1.807, 2.05) is 0 Å². The first-order valence-electron chi connectivity index (χ1n) is 12.1. The summed E-state index contributed by atoms with van der Waals surface area (Å²) in [7, 11) is 0. The SMILES string of the molecule is C=C1CCC(O)(O)C/C1=C/C=C1CCC[C@@]2(C)C1CC[C@@H]2[C@H](C)CCCC(C)C. The molecule has 2 N–H and O–H groups in total. The molecule has 0 heterocycles. The monoisotopic (exact) mass is 400 g/mol. The van der Waals surface area contributed by atoms with Gasteiger partial charge in [-0.25, -0.2) is 0 Å². The van der Waals surface area contributed by atoms with Gasteiger partial charge in [0.2, 0.25) is 0 Å². The summed E-state index contributed by atoms with van der Waals surface area (Å²) in [4.78, 5) is 0. The van der Waals surface area contributed by atoms with E-state index in [-0.39, 0.29) is 0 Å². The van der Waals surface area contributed by atoms with Gasteiger partial charge < -0.3 is 10.2 Å². The molecule has 0 saturated heterocycles. The molecule has 4 atom stereocenters. The van der Waals surface area contributed by atoms with Crippen molar-refractivity contribution in [1.82, 2.24) is 0 Å². The molecule has 164 valence electrons. The van der Waals surface area contributed by atoms with Crippen LogP contribution in [0.5, 0.6) is 0 Å². The zero-order chi connectivity index (χ0) is 21.2. The number of fused-ring (bicyclic) bond motifs is 1. The smallest absolute Gasteiger partial charge is 0.166 e. The van der Waals surface area contributed by atoms with Gasteiger partial charge in [0.25, 0.3) is 0 Å². The third-order valence-electron chi connectivity index (χ3n) is 8.42. The van der Waals surface area contributed by atoms with Gasteiger partial charge in [0.05, 0.1) is 0 Å². The molecule has 0 aromatic heterocycles. The minimum Gasteiger partial charge on any atom is -0.365 e. The Morgan fingerprint density at radius 2 is 1.83 bits per heavy atom. The minimum atomic E-state index is -1.56. The summed E-state index contributed by atoms with van der Waals surface area (Å²) in [6.07, 6.45) is 16.6. The molecule has 0 radical (unpaired) electrons. The molecule has 1 unspecified atom stereocenters. The van der Waals surface area contributed by atoms with E-state index in [2.05, 4.69) is 46.4 Å². The molecule has 29 heavy (non-hydrogen) atoms. The van der Waals surface area contributed by atoms with Gasteiger partial charge in [-0.3, -0.25) is 0 Å². The zero-order valence-corrected chi connectivity index (χ0v) is 19.3. The Morgan fingerprint density at radius 3 is 2.55 bits per heavy atom.